The molecule has 1 atom stereocenters. The first kappa shape index (κ1) is 29.9. The van der Waals surface area contributed by atoms with E-state index in [1.165, 1.54) is 0 Å². The largest absolute Gasteiger partial charge is 0.493 e. The standard InChI is InChI=1S/C33H40N2O6/c1-38-22-21-34-19-11-4-12-20-35(32(36)25-41-31-18-10-9-17-30(31)39-2)27(23-26-13-5-3-6-14-26)24-40-29-16-8-7-15-28(29)33(34)37/h3,5-10,13-18,27H,4,11-12,19-25H2,1-2H3/t27-/m0/s1. The number of benzene rings is 3. The van der Waals surface area contributed by atoms with E-state index in [9.17, 15) is 9.59 Å². The van der Waals surface area contributed by atoms with E-state index in [2.05, 4.69) is 12.1 Å². The number of rotatable bonds is 9. The lowest BCUT2D eigenvalue weighted by molar-refractivity contribution is -0.136. The van der Waals surface area contributed by atoms with Gasteiger partial charge in [0.05, 0.1) is 25.3 Å². The number of carbonyl (C=O) groups is 2. The van der Waals surface area contributed by atoms with Gasteiger partial charge in [-0.1, -0.05) is 54.6 Å². The van der Waals surface area contributed by atoms with Crippen LogP contribution in [0.15, 0.2) is 78.9 Å². The highest BCUT2D eigenvalue weighted by Gasteiger charge is 2.27. The van der Waals surface area contributed by atoms with Crippen molar-refractivity contribution in [1.29, 1.82) is 0 Å². The maximum Gasteiger partial charge on any atom is 0.260 e. The van der Waals surface area contributed by atoms with Crippen LogP contribution in [0.1, 0.15) is 35.2 Å². The van der Waals surface area contributed by atoms with Gasteiger partial charge in [0, 0.05) is 26.7 Å². The molecule has 1 aliphatic heterocycles. The Balaban J connectivity index is 1.60. The van der Waals surface area contributed by atoms with Crippen molar-refractivity contribution in [2.75, 3.05) is 53.7 Å². The lowest BCUT2D eigenvalue weighted by atomic mass is 10.0. The number of fused-ring (bicyclic) bond motifs is 1. The average Bonchev–Trinajstić information content (AvgIpc) is 3.02. The van der Waals surface area contributed by atoms with E-state index >= 15 is 0 Å². The number of nitrogens with zero attached hydrogens (tertiary/aromatic N) is 2. The predicted molar refractivity (Wildman–Crippen MR) is 158 cm³/mol. The third kappa shape index (κ3) is 8.47. The maximum absolute atomic E-state index is 13.8. The minimum absolute atomic E-state index is 0.0744. The molecule has 0 unspecified atom stereocenters. The molecule has 41 heavy (non-hydrogen) atoms. The summed E-state index contributed by atoms with van der Waals surface area (Å²) in [6, 6.07) is 24.4. The van der Waals surface area contributed by atoms with Gasteiger partial charge in [0.1, 0.15) is 12.4 Å². The van der Waals surface area contributed by atoms with Crippen molar-refractivity contribution in [3.8, 4) is 17.2 Å². The van der Waals surface area contributed by atoms with Gasteiger partial charge in [-0.25, -0.2) is 0 Å². The molecule has 0 radical (unpaired) electrons. The van der Waals surface area contributed by atoms with Crippen molar-refractivity contribution in [2.45, 2.75) is 31.7 Å². The number of hydrogen-bond donors (Lipinski definition) is 0. The van der Waals surface area contributed by atoms with Gasteiger partial charge in [0.15, 0.2) is 18.1 Å². The molecule has 0 saturated carbocycles. The average molecular weight is 561 g/mol. The predicted octanol–water partition coefficient (Wildman–Crippen LogP) is 4.87. The Morgan fingerprint density at radius 3 is 2.37 bits per heavy atom. The molecule has 8 heteroatoms. The maximum atomic E-state index is 13.8. The molecule has 0 spiro atoms. The number of methoxy groups -OCH3 is 2. The lowest BCUT2D eigenvalue weighted by Gasteiger charge is -2.32. The van der Waals surface area contributed by atoms with E-state index in [1.807, 2.05) is 58.3 Å². The van der Waals surface area contributed by atoms with Crippen molar-refractivity contribution in [3.63, 3.8) is 0 Å². The van der Waals surface area contributed by atoms with Gasteiger partial charge in [-0.3, -0.25) is 9.59 Å². The van der Waals surface area contributed by atoms with Gasteiger partial charge in [-0.15, -0.1) is 0 Å². The summed E-state index contributed by atoms with van der Waals surface area (Å²) in [5, 5.41) is 0. The molecule has 1 aliphatic rings. The van der Waals surface area contributed by atoms with Crippen LogP contribution in [0.3, 0.4) is 0 Å². The number of ether oxygens (including phenoxy) is 4. The van der Waals surface area contributed by atoms with Crippen LogP contribution in [0, 0.1) is 0 Å². The highest BCUT2D eigenvalue weighted by molar-refractivity contribution is 5.97. The smallest absolute Gasteiger partial charge is 0.260 e. The zero-order valence-corrected chi connectivity index (χ0v) is 24.0. The van der Waals surface area contributed by atoms with Gasteiger partial charge in [-0.2, -0.15) is 0 Å². The summed E-state index contributed by atoms with van der Waals surface area (Å²) in [4.78, 5) is 31.0. The van der Waals surface area contributed by atoms with Crippen molar-refractivity contribution in [2.24, 2.45) is 0 Å². The number of para-hydroxylation sites is 3. The Kier molecular flexibility index (Phi) is 11.4. The van der Waals surface area contributed by atoms with Crippen molar-refractivity contribution in [3.05, 3.63) is 90.0 Å². The van der Waals surface area contributed by atoms with E-state index in [0.717, 1.165) is 24.8 Å². The van der Waals surface area contributed by atoms with Gasteiger partial charge in [-0.05, 0) is 55.5 Å². The number of amides is 2. The summed E-state index contributed by atoms with van der Waals surface area (Å²) in [7, 11) is 3.22. The molecular weight excluding hydrogens is 520 g/mol. The second-order valence-corrected chi connectivity index (χ2v) is 10.0. The van der Waals surface area contributed by atoms with Crippen molar-refractivity contribution < 1.29 is 28.5 Å². The van der Waals surface area contributed by atoms with Crippen LogP contribution in [0.5, 0.6) is 17.2 Å². The first-order valence-corrected chi connectivity index (χ1v) is 14.2. The van der Waals surface area contributed by atoms with Gasteiger partial charge < -0.3 is 28.7 Å². The molecule has 3 aromatic carbocycles. The lowest BCUT2D eigenvalue weighted by Crippen LogP contribution is -2.47. The monoisotopic (exact) mass is 560 g/mol. The van der Waals surface area contributed by atoms with Gasteiger partial charge in [0.2, 0.25) is 0 Å². The molecule has 0 aromatic heterocycles. The van der Waals surface area contributed by atoms with Gasteiger partial charge >= 0.3 is 0 Å². The zero-order valence-electron chi connectivity index (χ0n) is 24.0. The summed E-state index contributed by atoms with van der Waals surface area (Å²) in [5.74, 6) is 1.41. The van der Waals surface area contributed by atoms with Crippen LogP contribution < -0.4 is 14.2 Å². The van der Waals surface area contributed by atoms with Crippen LogP contribution in [-0.2, 0) is 16.0 Å². The first-order valence-electron chi connectivity index (χ1n) is 14.2. The normalized spacial score (nSPS) is 16.4. The summed E-state index contributed by atoms with van der Waals surface area (Å²) >= 11 is 0. The van der Waals surface area contributed by atoms with E-state index in [0.29, 0.717) is 55.5 Å². The minimum Gasteiger partial charge on any atom is -0.493 e. The van der Waals surface area contributed by atoms with Crippen LogP contribution in [-0.4, -0.2) is 81.3 Å². The molecule has 0 saturated heterocycles. The zero-order chi connectivity index (χ0) is 28.9. The molecule has 4 rings (SSSR count). The first-order chi connectivity index (χ1) is 20.1. The number of carbonyl (C=O) groups excluding carboxylic acids is 2. The quantitative estimate of drug-likeness (QED) is 0.372. The Bertz CT molecular complexity index is 1250. The summed E-state index contributed by atoms with van der Waals surface area (Å²) in [6.07, 6.45) is 3.10. The highest BCUT2D eigenvalue weighted by atomic mass is 16.5. The second-order valence-electron chi connectivity index (χ2n) is 10.0. The van der Waals surface area contributed by atoms with E-state index in [1.54, 1.807) is 32.4 Å². The van der Waals surface area contributed by atoms with E-state index in [-0.39, 0.29) is 31.1 Å². The second kappa shape index (κ2) is 15.7. The number of hydrogen-bond acceptors (Lipinski definition) is 6. The van der Waals surface area contributed by atoms with Crippen LogP contribution >= 0.6 is 0 Å². The summed E-state index contributed by atoms with van der Waals surface area (Å²) in [6.45, 7) is 2.24. The highest BCUT2D eigenvalue weighted by Crippen LogP contribution is 2.26. The SMILES string of the molecule is COCCN1CCCCCN(C(=O)COc2ccccc2OC)[C@@H](Cc2ccccc2)COc2ccccc2C1=O. The molecule has 218 valence electrons. The Labute approximate surface area is 242 Å². The van der Waals surface area contributed by atoms with Crippen molar-refractivity contribution in [1.82, 2.24) is 9.80 Å². The van der Waals surface area contributed by atoms with Crippen LogP contribution in [0.4, 0.5) is 0 Å². The molecule has 2 amide bonds. The fourth-order valence-electron chi connectivity index (χ4n) is 5.02. The molecule has 0 bridgehead atoms. The molecular formula is C33H40N2O6. The molecule has 1 heterocycles. The third-order valence-corrected chi connectivity index (χ3v) is 7.22. The van der Waals surface area contributed by atoms with E-state index in [4.69, 9.17) is 18.9 Å². The Hall–Kier alpha value is -4.04. The van der Waals surface area contributed by atoms with Crippen molar-refractivity contribution >= 4 is 11.8 Å². The van der Waals surface area contributed by atoms with Crippen LogP contribution in [0.2, 0.25) is 0 Å². The van der Waals surface area contributed by atoms with Crippen LogP contribution in [0.25, 0.3) is 0 Å². The Morgan fingerprint density at radius 1 is 0.878 bits per heavy atom. The molecule has 8 nitrogen and oxygen atoms in total. The minimum atomic E-state index is -0.264. The molecule has 3 aromatic rings. The Morgan fingerprint density at radius 2 is 1.59 bits per heavy atom. The fourth-order valence-corrected chi connectivity index (χ4v) is 5.02. The van der Waals surface area contributed by atoms with E-state index < -0.39 is 0 Å². The van der Waals surface area contributed by atoms with Gasteiger partial charge in [0.25, 0.3) is 11.8 Å². The fraction of sp³-hybridized carbons (Fsp3) is 0.394. The molecule has 0 fully saturated rings. The topological polar surface area (TPSA) is 77.5 Å². The summed E-state index contributed by atoms with van der Waals surface area (Å²) in [5.41, 5.74) is 1.61. The third-order valence-electron chi connectivity index (χ3n) is 7.22. The molecule has 0 N–H and O–H groups in total. The molecule has 0 aliphatic carbocycles. The summed E-state index contributed by atoms with van der Waals surface area (Å²) < 4.78 is 23.0.